The van der Waals surface area contributed by atoms with E-state index >= 15 is 0 Å². The van der Waals surface area contributed by atoms with Crippen LogP contribution >= 0.6 is 22.9 Å². The van der Waals surface area contributed by atoms with Crippen molar-refractivity contribution >= 4 is 52.2 Å². The molecule has 186 valence electrons. The number of halogens is 1. The lowest BCUT2D eigenvalue weighted by Gasteiger charge is -2.28. The molecule has 1 aromatic carbocycles. The number of piperidine rings is 1. The van der Waals surface area contributed by atoms with E-state index in [0.29, 0.717) is 28.8 Å². The molecule has 2 atom stereocenters. The van der Waals surface area contributed by atoms with Gasteiger partial charge in [0.25, 0.3) is 5.91 Å². The number of hydrogen-bond donors (Lipinski definition) is 1. The smallest absolute Gasteiger partial charge is 0.324 e. The average molecular weight is 516 g/mol. The third-order valence-electron chi connectivity index (χ3n) is 7.24. The van der Waals surface area contributed by atoms with Crippen molar-refractivity contribution in [3.05, 3.63) is 45.6 Å². The summed E-state index contributed by atoms with van der Waals surface area (Å²) in [5.41, 5.74) is 1.60. The second-order valence-corrected chi connectivity index (χ2v) is 11.1. The molecule has 4 heterocycles. The number of nitrogens with zero attached hydrogens (tertiary/aromatic N) is 4. The Bertz CT molecular complexity index is 1100. The lowest BCUT2D eigenvalue weighted by molar-refractivity contribution is -0.119. The molecule has 3 saturated heterocycles. The van der Waals surface area contributed by atoms with Crippen molar-refractivity contribution in [1.29, 1.82) is 0 Å². The minimum absolute atomic E-state index is 0.0480. The predicted molar refractivity (Wildman–Crippen MR) is 139 cm³/mol. The lowest BCUT2D eigenvalue weighted by Crippen LogP contribution is -2.44. The first-order valence-corrected chi connectivity index (χ1v) is 13.3. The topological polar surface area (TPSA) is 76.2 Å². The molecule has 3 aliphatic rings. The molecule has 4 amide bonds. The van der Waals surface area contributed by atoms with Crippen LogP contribution in [0.25, 0.3) is 0 Å². The summed E-state index contributed by atoms with van der Waals surface area (Å²) in [6.45, 7) is 3.52. The van der Waals surface area contributed by atoms with Gasteiger partial charge in [-0.05, 0) is 68.8 Å². The van der Waals surface area contributed by atoms with Gasteiger partial charge in [0.2, 0.25) is 5.91 Å². The molecular formula is C25H30ClN5O3S. The highest BCUT2D eigenvalue weighted by atomic mass is 35.5. The van der Waals surface area contributed by atoms with Crippen molar-refractivity contribution in [2.45, 2.75) is 37.8 Å². The van der Waals surface area contributed by atoms with Crippen LogP contribution in [-0.2, 0) is 4.79 Å². The lowest BCUT2D eigenvalue weighted by atomic mass is 10.1. The SMILES string of the molecule is CN(C(=O)CN1CCCCC1)c1ccc(N2C[C@@H]3[C@H](NC(=O)c4ccc(Cl)s4)CCN3C2=O)cc1. The van der Waals surface area contributed by atoms with E-state index in [1.807, 2.05) is 29.2 Å². The van der Waals surface area contributed by atoms with Crippen LogP contribution in [0.4, 0.5) is 16.2 Å². The van der Waals surface area contributed by atoms with Gasteiger partial charge in [-0.1, -0.05) is 18.0 Å². The Hall–Kier alpha value is -2.62. The quantitative estimate of drug-likeness (QED) is 0.637. The van der Waals surface area contributed by atoms with Gasteiger partial charge in [-0.25, -0.2) is 4.79 Å². The molecule has 35 heavy (non-hydrogen) atoms. The number of urea groups is 1. The molecule has 0 unspecified atom stereocenters. The number of carbonyl (C=O) groups excluding carboxylic acids is 3. The summed E-state index contributed by atoms with van der Waals surface area (Å²) in [4.78, 5) is 46.5. The van der Waals surface area contributed by atoms with Crippen molar-refractivity contribution in [2.75, 3.05) is 49.6 Å². The maximum Gasteiger partial charge on any atom is 0.324 e. The van der Waals surface area contributed by atoms with E-state index in [4.69, 9.17) is 11.6 Å². The molecule has 5 rings (SSSR count). The minimum Gasteiger partial charge on any atom is -0.346 e. The number of rotatable bonds is 6. The molecular weight excluding hydrogens is 486 g/mol. The molecule has 10 heteroatoms. The third-order valence-corrected chi connectivity index (χ3v) is 8.47. The summed E-state index contributed by atoms with van der Waals surface area (Å²) in [5, 5.41) is 3.09. The highest BCUT2D eigenvalue weighted by Crippen LogP contribution is 2.32. The maximum absolute atomic E-state index is 13.1. The number of fused-ring (bicyclic) bond motifs is 1. The molecule has 8 nitrogen and oxygen atoms in total. The average Bonchev–Trinajstić information content (AvgIpc) is 3.56. The van der Waals surface area contributed by atoms with Crippen LogP contribution in [0.15, 0.2) is 36.4 Å². The zero-order chi connectivity index (χ0) is 24.5. The van der Waals surface area contributed by atoms with Gasteiger partial charge in [-0.15, -0.1) is 11.3 Å². The fraction of sp³-hybridized carbons (Fsp3) is 0.480. The van der Waals surface area contributed by atoms with E-state index in [0.717, 1.165) is 43.7 Å². The van der Waals surface area contributed by atoms with E-state index in [1.165, 1.54) is 17.8 Å². The van der Waals surface area contributed by atoms with Crippen LogP contribution in [0.3, 0.4) is 0 Å². The molecule has 2 aromatic rings. The Kier molecular flexibility index (Phi) is 7.00. The van der Waals surface area contributed by atoms with Crippen molar-refractivity contribution in [3.8, 4) is 0 Å². The number of anilines is 2. The first kappa shape index (κ1) is 24.1. The van der Waals surface area contributed by atoms with E-state index < -0.39 is 0 Å². The van der Waals surface area contributed by atoms with Crippen LogP contribution < -0.4 is 15.1 Å². The number of hydrogen-bond acceptors (Lipinski definition) is 5. The predicted octanol–water partition coefficient (Wildman–Crippen LogP) is 3.66. The zero-order valence-corrected chi connectivity index (χ0v) is 21.4. The Morgan fingerprint density at radius 1 is 1.09 bits per heavy atom. The van der Waals surface area contributed by atoms with Crippen LogP contribution in [-0.4, -0.2) is 79.5 Å². The zero-order valence-electron chi connectivity index (χ0n) is 19.8. The van der Waals surface area contributed by atoms with Crippen molar-refractivity contribution in [3.63, 3.8) is 0 Å². The third kappa shape index (κ3) is 5.03. The number of benzene rings is 1. The Labute approximate surface area is 214 Å². The summed E-state index contributed by atoms with van der Waals surface area (Å²) >= 11 is 7.21. The van der Waals surface area contributed by atoms with E-state index in [2.05, 4.69) is 10.2 Å². The largest absolute Gasteiger partial charge is 0.346 e. The van der Waals surface area contributed by atoms with Crippen LogP contribution in [0.1, 0.15) is 35.4 Å². The van der Waals surface area contributed by atoms with Crippen LogP contribution in [0.5, 0.6) is 0 Å². The van der Waals surface area contributed by atoms with Gasteiger partial charge in [-0.3, -0.25) is 19.4 Å². The van der Waals surface area contributed by atoms with Crippen LogP contribution in [0, 0.1) is 0 Å². The molecule has 1 N–H and O–H groups in total. The van der Waals surface area contributed by atoms with E-state index in [9.17, 15) is 14.4 Å². The molecule has 0 spiro atoms. The number of amides is 4. The second kappa shape index (κ2) is 10.2. The van der Waals surface area contributed by atoms with Gasteiger partial charge in [0.1, 0.15) is 0 Å². The second-order valence-electron chi connectivity index (χ2n) is 9.43. The van der Waals surface area contributed by atoms with Gasteiger partial charge >= 0.3 is 6.03 Å². The standard InChI is InChI=1S/C25H30ClN5O3S/c1-28(23(32)16-29-12-3-2-4-13-29)17-5-7-18(8-6-17)31-15-20-19(11-14-30(20)25(31)34)27-24(33)21-9-10-22(26)35-21/h5-10,19-20H,2-4,11-16H2,1H3,(H,27,33)/t19-,20-/m1/s1. The maximum atomic E-state index is 13.1. The van der Waals surface area contributed by atoms with Crippen molar-refractivity contribution in [1.82, 2.24) is 15.1 Å². The van der Waals surface area contributed by atoms with Crippen molar-refractivity contribution in [2.24, 2.45) is 0 Å². The summed E-state index contributed by atoms with van der Waals surface area (Å²) in [7, 11) is 1.80. The fourth-order valence-electron chi connectivity index (χ4n) is 5.21. The molecule has 0 aliphatic carbocycles. The summed E-state index contributed by atoms with van der Waals surface area (Å²) < 4.78 is 0.577. The number of thiophene rings is 1. The normalized spacial score (nSPS) is 22.4. The Balaban J connectivity index is 1.21. The van der Waals surface area contributed by atoms with Gasteiger partial charge in [0.15, 0.2) is 0 Å². The molecule has 0 bridgehead atoms. The summed E-state index contributed by atoms with van der Waals surface area (Å²) in [6.07, 6.45) is 4.28. The first-order chi connectivity index (χ1) is 16.9. The number of likely N-dealkylation sites (N-methyl/N-ethyl adjacent to an activating group) is 1. The van der Waals surface area contributed by atoms with Gasteiger partial charge in [0, 0.05) is 25.0 Å². The van der Waals surface area contributed by atoms with E-state index in [-0.39, 0.29) is 29.9 Å². The molecule has 0 radical (unpaired) electrons. The Morgan fingerprint density at radius 2 is 1.83 bits per heavy atom. The summed E-state index contributed by atoms with van der Waals surface area (Å²) in [5.74, 6) is -0.0792. The van der Waals surface area contributed by atoms with E-state index in [1.54, 1.807) is 29.0 Å². The molecule has 3 fully saturated rings. The van der Waals surface area contributed by atoms with Crippen molar-refractivity contribution < 1.29 is 14.4 Å². The highest BCUT2D eigenvalue weighted by molar-refractivity contribution is 7.18. The van der Waals surface area contributed by atoms with Gasteiger partial charge < -0.3 is 15.1 Å². The molecule has 0 saturated carbocycles. The molecule has 1 aromatic heterocycles. The number of carbonyl (C=O) groups is 3. The fourth-order valence-corrected chi connectivity index (χ4v) is 6.16. The van der Waals surface area contributed by atoms with Gasteiger partial charge in [-0.2, -0.15) is 0 Å². The first-order valence-electron chi connectivity index (χ1n) is 12.1. The van der Waals surface area contributed by atoms with Gasteiger partial charge in [0.05, 0.1) is 34.4 Å². The summed E-state index contributed by atoms with van der Waals surface area (Å²) in [6, 6.07) is 10.8. The monoisotopic (exact) mass is 515 g/mol. The van der Waals surface area contributed by atoms with Crippen LogP contribution in [0.2, 0.25) is 4.34 Å². The minimum atomic E-state index is -0.152. The highest BCUT2D eigenvalue weighted by Gasteiger charge is 2.46. The molecule has 3 aliphatic heterocycles. The Morgan fingerprint density at radius 3 is 2.51 bits per heavy atom. The number of nitrogens with one attached hydrogen (secondary N) is 1. The number of likely N-dealkylation sites (tertiary alicyclic amines) is 1.